The summed E-state index contributed by atoms with van der Waals surface area (Å²) in [6.07, 6.45) is 5.76. The summed E-state index contributed by atoms with van der Waals surface area (Å²) < 4.78 is 0. The zero-order valence-electron chi connectivity index (χ0n) is 5.88. The number of halogens is 1. The van der Waals surface area contributed by atoms with E-state index in [1.165, 1.54) is 19.3 Å². The fraction of sp³-hybridized carbons (Fsp3) is 1.00. The van der Waals surface area contributed by atoms with Crippen molar-refractivity contribution in [2.24, 2.45) is 11.5 Å². The van der Waals surface area contributed by atoms with Crippen molar-refractivity contribution in [2.75, 3.05) is 0 Å². The van der Waals surface area contributed by atoms with Gasteiger partial charge in [0, 0.05) is 0 Å². The quantitative estimate of drug-likeness (QED) is 0.650. The first-order valence-corrected chi connectivity index (χ1v) is 6.22. The third kappa shape index (κ3) is 4.67. The van der Waals surface area contributed by atoms with Crippen LogP contribution >= 0.6 is 9.42 Å². The van der Waals surface area contributed by atoms with E-state index in [0.29, 0.717) is 0 Å². The van der Waals surface area contributed by atoms with E-state index >= 15 is 0 Å². The summed E-state index contributed by atoms with van der Waals surface area (Å²) in [7, 11) is 4.61. The van der Waals surface area contributed by atoms with Crippen molar-refractivity contribution in [2.45, 2.75) is 37.8 Å². The van der Waals surface area contributed by atoms with Gasteiger partial charge in [0.05, 0.1) is 5.66 Å². The number of hydrogen-bond acceptors (Lipinski definition) is 2. The van der Waals surface area contributed by atoms with E-state index in [2.05, 4.69) is 9.42 Å². The van der Waals surface area contributed by atoms with E-state index in [1.54, 1.807) is 18.8 Å². The molecule has 0 aromatic rings. The predicted octanol–water partition coefficient (Wildman–Crippen LogP) is 1.25. The van der Waals surface area contributed by atoms with Crippen LogP contribution in [0.15, 0.2) is 0 Å². The summed E-state index contributed by atoms with van der Waals surface area (Å²) in [6.45, 7) is 0. The summed E-state index contributed by atoms with van der Waals surface area (Å²) in [4.78, 5) is 0. The van der Waals surface area contributed by atoms with Crippen LogP contribution in [0.3, 0.4) is 0 Å². The van der Waals surface area contributed by atoms with Crippen LogP contribution in [0, 0.1) is 0 Å². The molecule has 0 saturated heterocycles. The van der Waals surface area contributed by atoms with E-state index in [9.17, 15) is 0 Å². The van der Waals surface area contributed by atoms with Gasteiger partial charge in [0.25, 0.3) is 0 Å². The summed E-state index contributed by atoms with van der Waals surface area (Å²) in [5.41, 5.74) is 11.0. The molecule has 10 heavy (non-hydrogen) atoms. The molecular formula is C6H14ClN2Pt. The second-order valence-electron chi connectivity index (χ2n) is 2.79. The Hall–Kier alpha value is 0.898. The van der Waals surface area contributed by atoms with Crippen LogP contribution in [0.4, 0.5) is 0 Å². The fourth-order valence-electron chi connectivity index (χ4n) is 1.21. The second-order valence-corrected chi connectivity index (χ2v) is 2.79. The van der Waals surface area contributed by atoms with Crippen molar-refractivity contribution in [3.63, 3.8) is 0 Å². The molecule has 0 aromatic heterocycles. The van der Waals surface area contributed by atoms with Gasteiger partial charge in [-0.05, 0) is 12.8 Å². The molecule has 0 unspecified atom stereocenters. The van der Waals surface area contributed by atoms with E-state index in [-0.39, 0.29) is 5.66 Å². The standard InChI is InChI=1S/C6H14N2.ClH.Pt/c7-6(8)4-2-1-3-5-6;;/h1-5,7-8H2;1H;/q;;+1/p-1. The van der Waals surface area contributed by atoms with Gasteiger partial charge in [0.15, 0.2) is 0 Å². The first kappa shape index (κ1) is 10.9. The molecule has 0 bridgehead atoms. The molecule has 0 radical (unpaired) electrons. The van der Waals surface area contributed by atoms with E-state index in [1.807, 2.05) is 0 Å². The number of hydrogen-bond donors (Lipinski definition) is 2. The minimum absolute atomic E-state index is 0.321. The van der Waals surface area contributed by atoms with E-state index < -0.39 is 0 Å². The summed E-state index contributed by atoms with van der Waals surface area (Å²) in [6, 6.07) is 0. The maximum absolute atomic E-state index is 5.66. The Morgan fingerprint density at radius 3 is 1.60 bits per heavy atom. The second kappa shape index (κ2) is 5.54. The van der Waals surface area contributed by atoms with Crippen molar-refractivity contribution >= 4 is 9.42 Å². The Balaban J connectivity index is 0.000000371. The monoisotopic (exact) mass is 344 g/mol. The SMILES string of the molecule is NC1(N)CCCCC1.[Cl][Pt]. The first-order chi connectivity index (χ1) is 4.71. The van der Waals surface area contributed by atoms with Crippen molar-refractivity contribution in [3.05, 3.63) is 0 Å². The molecule has 2 nitrogen and oxygen atoms in total. The summed E-state index contributed by atoms with van der Waals surface area (Å²) in [5, 5.41) is 0. The van der Waals surface area contributed by atoms with Crippen LogP contribution in [0.25, 0.3) is 0 Å². The van der Waals surface area contributed by atoms with Gasteiger partial charge in [0.1, 0.15) is 0 Å². The van der Waals surface area contributed by atoms with Crippen molar-refractivity contribution in [3.8, 4) is 0 Å². The van der Waals surface area contributed by atoms with Gasteiger partial charge in [-0.1, -0.05) is 19.3 Å². The third-order valence-electron chi connectivity index (χ3n) is 1.78. The third-order valence-corrected chi connectivity index (χ3v) is 1.78. The molecule has 1 rings (SSSR count). The molecule has 0 heterocycles. The van der Waals surface area contributed by atoms with Gasteiger partial charge in [-0.2, -0.15) is 0 Å². The fourth-order valence-corrected chi connectivity index (χ4v) is 1.21. The molecule has 0 aliphatic heterocycles. The molecular weight excluding hydrogens is 331 g/mol. The number of rotatable bonds is 0. The molecule has 4 heteroatoms. The summed E-state index contributed by atoms with van der Waals surface area (Å²) >= 11 is 1.61. The van der Waals surface area contributed by atoms with Gasteiger partial charge in [0.2, 0.25) is 0 Å². The van der Waals surface area contributed by atoms with Crippen LogP contribution in [0.1, 0.15) is 32.1 Å². The molecule has 4 N–H and O–H groups in total. The molecule has 1 fully saturated rings. The van der Waals surface area contributed by atoms with Crippen LogP contribution in [-0.4, -0.2) is 5.66 Å². The van der Waals surface area contributed by atoms with Crippen LogP contribution in [-0.2, 0) is 18.8 Å². The maximum atomic E-state index is 5.66. The van der Waals surface area contributed by atoms with Gasteiger partial charge >= 0.3 is 28.2 Å². The van der Waals surface area contributed by atoms with Crippen molar-refractivity contribution < 1.29 is 18.8 Å². The van der Waals surface area contributed by atoms with Gasteiger partial charge in [-0.15, -0.1) is 0 Å². The van der Waals surface area contributed by atoms with Crippen molar-refractivity contribution in [1.29, 1.82) is 0 Å². The molecule has 65 valence electrons. The Morgan fingerprint density at radius 2 is 1.40 bits per heavy atom. The summed E-state index contributed by atoms with van der Waals surface area (Å²) in [5.74, 6) is 0. The first-order valence-electron chi connectivity index (χ1n) is 3.40. The number of nitrogens with two attached hydrogens (primary N) is 2. The van der Waals surface area contributed by atoms with Crippen LogP contribution < -0.4 is 11.5 Å². The zero-order chi connectivity index (χ0) is 8.04. The molecule has 1 aliphatic carbocycles. The van der Waals surface area contributed by atoms with Crippen molar-refractivity contribution in [1.82, 2.24) is 0 Å². The average Bonchev–Trinajstić information content (AvgIpc) is 1.92. The molecule has 1 saturated carbocycles. The Kier molecular flexibility index (Phi) is 6.03. The normalized spacial score (nSPS) is 22.9. The molecule has 0 atom stereocenters. The van der Waals surface area contributed by atoms with Crippen LogP contribution in [0.5, 0.6) is 0 Å². The Bertz CT molecular complexity index is 79.8. The Morgan fingerprint density at radius 1 is 1.00 bits per heavy atom. The molecule has 0 aromatic carbocycles. The minimum atomic E-state index is -0.321. The Labute approximate surface area is 77.5 Å². The van der Waals surface area contributed by atoms with Gasteiger partial charge in [-0.25, -0.2) is 0 Å². The average molecular weight is 345 g/mol. The van der Waals surface area contributed by atoms with Crippen LogP contribution in [0.2, 0.25) is 0 Å². The van der Waals surface area contributed by atoms with Gasteiger partial charge in [-0.3, -0.25) is 0 Å². The molecule has 0 spiro atoms. The predicted molar refractivity (Wildman–Crippen MR) is 40.0 cm³/mol. The topological polar surface area (TPSA) is 52.0 Å². The zero-order valence-corrected chi connectivity index (χ0v) is 8.91. The van der Waals surface area contributed by atoms with E-state index in [4.69, 9.17) is 11.5 Å². The molecule has 0 amide bonds. The van der Waals surface area contributed by atoms with E-state index in [0.717, 1.165) is 12.8 Å². The van der Waals surface area contributed by atoms with Gasteiger partial charge < -0.3 is 11.5 Å². The molecule has 1 aliphatic rings.